The Kier molecular flexibility index (Phi) is 4.74. The van der Waals surface area contributed by atoms with Crippen molar-refractivity contribution in [2.75, 3.05) is 0 Å². The molecule has 0 aliphatic carbocycles. The van der Waals surface area contributed by atoms with E-state index in [2.05, 4.69) is 0 Å². The Hall–Kier alpha value is -0.241. The number of hydrogen-bond acceptors (Lipinski definition) is 6. The van der Waals surface area contributed by atoms with Gasteiger partial charge in [0.2, 0.25) is 0 Å². The number of hydrogen-bond donors (Lipinski definition) is 2. The third-order valence-electron chi connectivity index (χ3n) is 0. The molecule has 0 radical (unpaired) electrons. The van der Waals surface area contributed by atoms with Crippen molar-refractivity contribution in [3.63, 3.8) is 0 Å². The van der Waals surface area contributed by atoms with Crippen LogP contribution in [-0.2, 0) is 48.9 Å². The minimum absolute atomic E-state index is 5.38. The summed E-state index contributed by atoms with van der Waals surface area (Å²) in [6.45, 7) is 0. The van der Waals surface area contributed by atoms with E-state index in [-0.39, 0.29) is 0 Å². The van der Waals surface area contributed by atoms with Gasteiger partial charge in [-0.05, 0) is 0 Å². The van der Waals surface area contributed by atoms with E-state index in [9.17, 15) is 0 Å². The van der Waals surface area contributed by atoms with Gasteiger partial charge >= 0.3 is 57.3 Å². The quantitative estimate of drug-likeness (QED) is 0.470. The Balaban J connectivity index is 0. The van der Waals surface area contributed by atoms with Crippen LogP contribution >= 0.6 is 0 Å². The second-order valence-electron chi connectivity index (χ2n) is 0.792. The molecule has 0 saturated carbocycles. The van der Waals surface area contributed by atoms with Crippen molar-refractivity contribution in [1.29, 1.82) is 0 Å². The van der Waals surface area contributed by atoms with E-state index in [1.807, 2.05) is 0 Å². The van der Waals surface area contributed by atoms with Gasteiger partial charge < -0.3 is 0 Å². The molecular formula is H2Mn2O8. The minimum atomic E-state index is -5.38. The van der Waals surface area contributed by atoms with E-state index in [0.717, 1.165) is 0 Å². The summed E-state index contributed by atoms with van der Waals surface area (Å²) in [6.07, 6.45) is 0. The molecule has 8 nitrogen and oxygen atoms in total. The molecule has 0 fully saturated rings. The Morgan fingerprint density at radius 1 is 0.600 bits per heavy atom. The van der Waals surface area contributed by atoms with Gasteiger partial charge in [0.25, 0.3) is 0 Å². The van der Waals surface area contributed by atoms with E-state index in [4.69, 9.17) is 31.4 Å². The van der Waals surface area contributed by atoms with Gasteiger partial charge in [0, 0.05) is 0 Å². The first kappa shape index (κ1) is 12.4. The Morgan fingerprint density at radius 3 is 0.600 bits per heavy atom. The van der Waals surface area contributed by atoms with Gasteiger partial charge in [-0.2, -0.15) is 0 Å². The van der Waals surface area contributed by atoms with Gasteiger partial charge in [-0.3, -0.25) is 0 Å². The van der Waals surface area contributed by atoms with Gasteiger partial charge in [-0.25, -0.2) is 0 Å². The fourth-order valence-corrected chi connectivity index (χ4v) is 0. The summed E-state index contributed by atoms with van der Waals surface area (Å²) in [5.74, 6) is 0. The third-order valence-corrected chi connectivity index (χ3v) is 0. The van der Waals surface area contributed by atoms with Crippen LogP contribution in [0.25, 0.3) is 0 Å². The van der Waals surface area contributed by atoms with Crippen molar-refractivity contribution < 1.29 is 57.3 Å². The first-order valence-corrected chi connectivity index (χ1v) is 5.21. The molecule has 0 bridgehead atoms. The van der Waals surface area contributed by atoms with Crippen molar-refractivity contribution in [2.45, 2.75) is 0 Å². The average molecular weight is 240 g/mol. The molecule has 0 aliphatic rings. The van der Waals surface area contributed by atoms with Gasteiger partial charge in [-0.1, -0.05) is 0 Å². The van der Waals surface area contributed by atoms with Crippen molar-refractivity contribution in [2.24, 2.45) is 0 Å². The summed E-state index contributed by atoms with van der Waals surface area (Å²) in [4.78, 5) is 0. The predicted octanol–water partition coefficient (Wildman–Crippen LogP) is -1.83. The second-order valence-corrected chi connectivity index (χ2v) is 3.27. The molecule has 0 unspecified atom stereocenters. The average Bonchev–Trinajstić information content (AvgIpc) is 1.12. The maximum absolute atomic E-state index is 8.69. The molecular weight excluding hydrogens is 238 g/mol. The number of rotatable bonds is 0. The standard InChI is InChI=1S/2Mn.2H2O.6O/h;;2*1H2;;;;;;/q2*+1;;;;;;;;/p-2. The first-order valence-electron chi connectivity index (χ1n) is 1.26. The Morgan fingerprint density at radius 2 is 0.600 bits per heavy atom. The van der Waals surface area contributed by atoms with Crippen LogP contribution in [-0.4, -0.2) is 8.38 Å². The molecule has 0 rings (SSSR count). The van der Waals surface area contributed by atoms with Crippen LogP contribution in [0.15, 0.2) is 0 Å². The molecule has 2 N–H and O–H groups in total. The molecule has 0 spiro atoms. The van der Waals surface area contributed by atoms with Crippen LogP contribution in [0.4, 0.5) is 0 Å². The SMILES string of the molecule is [O]=[Mn](=[O])(=[O])[OH].[O]=[Mn](=[O])(=[O])[OH]. The summed E-state index contributed by atoms with van der Waals surface area (Å²) in [5.41, 5.74) is 0. The molecule has 0 amide bonds. The van der Waals surface area contributed by atoms with E-state index >= 15 is 0 Å². The van der Waals surface area contributed by atoms with Crippen LogP contribution in [0, 0.1) is 0 Å². The zero-order valence-corrected chi connectivity index (χ0v) is 6.46. The van der Waals surface area contributed by atoms with Gasteiger partial charge in [-0.15, -0.1) is 0 Å². The van der Waals surface area contributed by atoms with Crippen LogP contribution in [0.3, 0.4) is 0 Å². The zero-order valence-electron chi connectivity index (χ0n) is 4.10. The van der Waals surface area contributed by atoms with Crippen molar-refractivity contribution in [1.82, 2.24) is 0 Å². The molecule has 0 aromatic carbocycles. The zero-order chi connectivity index (χ0) is 9.00. The van der Waals surface area contributed by atoms with Crippen molar-refractivity contribution in [3.8, 4) is 0 Å². The topological polar surface area (TPSA) is 143 Å². The molecule has 10 heteroatoms. The van der Waals surface area contributed by atoms with Crippen LogP contribution in [0.5, 0.6) is 0 Å². The van der Waals surface area contributed by atoms with Gasteiger partial charge in [0.15, 0.2) is 0 Å². The molecule has 0 aliphatic heterocycles. The molecule has 10 heavy (non-hydrogen) atoms. The van der Waals surface area contributed by atoms with Gasteiger partial charge in [0.05, 0.1) is 0 Å². The fraction of sp³-hybridized carbons (Fsp3) is 0. The summed E-state index contributed by atoms with van der Waals surface area (Å²) in [6, 6.07) is 0. The van der Waals surface area contributed by atoms with Crippen LogP contribution in [0.1, 0.15) is 0 Å². The molecule has 0 aromatic rings. The Labute approximate surface area is 57.8 Å². The van der Waals surface area contributed by atoms with Crippen LogP contribution in [0.2, 0.25) is 0 Å². The summed E-state index contributed by atoms with van der Waals surface area (Å²) >= 11 is -10.8. The van der Waals surface area contributed by atoms with Crippen molar-refractivity contribution >= 4 is 0 Å². The Bertz CT molecular complexity index is 292. The summed E-state index contributed by atoms with van der Waals surface area (Å²) in [5, 5.41) is 0. The monoisotopic (exact) mass is 240 g/mol. The van der Waals surface area contributed by atoms with Gasteiger partial charge in [0.1, 0.15) is 0 Å². The molecule has 0 heterocycles. The van der Waals surface area contributed by atoms with Crippen molar-refractivity contribution in [3.05, 3.63) is 0 Å². The van der Waals surface area contributed by atoms with E-state index in [1.165, 1.54) is 0 Å². The molecule has 0 atom stereocenters. The van der Waals surface area contributed by atoms with E-state index in [0.29, 0.717) is 0 Å². The predicted molar refractivity (Wildman–Crippen MR) is 8.56 cm³/mol. The fourth-order valence-electron chi connectivity index (χ4n) is 0. The first-order chi connectivity index (χ1) is 4.00. The summed E-state index contributed by atoms with van der Waals surface area (Å²) in [7, 11) is 0. The van der Waals surface area contributed by atoms with E-state index < -0.39 is 25.9 Å². The second kappa shape index (κ2) is 3.81. The summed E-state index contributed by atoms with van der Waals surface area (Å²) < 4.78 is 66.1. The maximum atomic E-state index is 8.69. The molecule has 0 saturated heterocycles. The normalized spacial score (nSPS) is 11.4. The molecule has 64 valence electrons. The molecule has 0 aromatic heterocycles. The van der Waals surface area contributed by atoms with Crippen LogP contribution < -0.4 is 0 Å². The van der Waals surface area contributed by atoms with E-state index in [1.54, 1.807) is 0 Å². The third kappa shape index (κ3) is 6100.